The molecule has 0 aromatic heterocycles. The molecule has 3 atom stereocenters. The van der Waals surface area contributed by atoms with Gasteiger partial charge in [0.1, 0.15) is 0 Å². The molecule has 0 saturated heterocycles. The van der Waals surface area contributed by atoms with Crippen molar-refractivity contribution in [2.75, 3.05) is 0 Å². The largest absolute Gasteiger partial charge is 0.389 e. The summed E-state index contributed by atoms with van der Waals surface area (Å²) < 4.78 is 0. The van der Waals surface area contributed by atoms with Gasteiger partial charge in [0.05, 0.1) is 6.10 Å². The molecular weight excluding hydrogens is 172 g/mol. The van der Waals surface area contributed by atoms with Crippen LogP contribution in [0.5, 0.6) is 0 Å². The lowest BCUT2D eigenvalue weighted by Crippen LogP contribution is -2.49. The Kier molecular flexibility index (Phi) is 2.26. The zero-order valence-corrected chi connectivity index (χ0v) is 9.59. The minimum absolute atomic E-state index is 0.218. The molecule has 1 heteroatoms. The molecule has 0 heterocycles. The van der Waals surface area contributed by atoms with Crippen molar-refractivity contribution in [1.29, 1.82) is 0 Å². The number of rotatable bonds is 0. The molecule has 2 aliphatic carbocycles. The topological polar surface area (TPSA) is 20.2 Å². The average Bonchev–Trinajstić information content (AvgIpc) is 2.00. The number of hydrogen-bond donors (Lipinski definition) is 1. The summed E-state index contributed by atoms with van der Waals surface area (Å²) in [6.45, 7) is 6.99. The van der Waals surface area contributed by atoms with E-state index in [2.05, 4.69) is 26.8 Å². The van der Waals surface area contributed by atoms with Gasteiger partial charge in [-0.15, -0.1) is 0 Å². The number of allylic oxidation sites excluding steroid dienone is 1. The maximum absolute atomic E-state index is 10.1. The van der Waals surface area contributed by atoms with E-state index in [1.165, 1.54) is 19.3 Å². The highest BCUT2D eigenvalue weighted by Gasteiger charge is 2.49. The fourth-order valence-electron chi connectivity index (χ4n) is 3.89. The van der Waals surface area contributed by atoms with Crippen LogP contribution in [0.4, 0.5) is 0 Å². The van der Waals surface area contributed by atoms with Crippen molar-refractivity contribution in [2.45, 2.75) is 52.6 Å². The van der Waals surface area contributed by atoms with E-state index in [1.54, 1.807) is 0 Å². The van der Waals surface area contributed by atoms with Crippen molar-refractivity contribution < 1.29 is 5.11 Å². The van der Waals surface area contributed by atoms with E-state index in [4.69, 9.17) is 0 Å². The zero-order chi connectivity index (χ0) is 10.4. The quantitative estimate of drug-likeness (QED) is 0.587. The van der Waals surface area contributed by atoms with Gasteiger partial charge in [0.15, 0.2) is 0 Å². The predicted octanol–water partition coefficient (Wildman–Crippen LogP) is 3.14. The van der Waals surface area contributed by atoms with Crippen LogP contribution in [0.15, 0.2) is 12.2 Å². The van der Waals surface area contributed by atoms with Crippen LogP contribution in [0, 0.1) is 16.7 Å². The second kappa shape index (κ2) is 3.10. The Morgan fingerprint density at radius 2 is 1.93 bits per heavy atom. The van der Waals surface area contributed by atoms with Gasteiger partial charge in [-0.3, -0.25) is 0 Å². The van der Waals surface area contributed by atoms with Crippen LogP contribution in [-0.4, -0.2) is 11.2 Å². The van der Waals surface area contributed by atoms with Gasteiger partial charge in [0.25, 0.3) is 0 Å². The molecule has 1 nitrogen and oxygen atoms in total. The molecule has 1 N–H and O–H groups in total. The minimum atomic E-state index is -0.218. The van der Waals surface area contributed by atoms with Crippen LogP contribution in [-0.2, 0) is 0 Å². The van der Waals surface area contributed by atoms with Crippen LogP contribution >= 0.6 is 0 Å². The van der Waals surface area contributed by atoms with Crippen LogP contribution < -0.4 is 0 Å². The van der Waals surface area contributed by atoms with Crippen LogP contribution in [0.25, 0.3) is 0 Å². The minimum Gasteiger partial charge on any atom is -0.389 e. The van der Waals surface area contributed by atoms with Gasteiger partial charge in [-0.05, 0) is 36.0 Å². The molecule has 0 aliphatic heterocycles. The molecule has 0 bridgehead atoms. The fourth-order valence-corrected chi connectivity index (χ4v) is 3.89. The lowest BCUT2D eigenvalue weighted by molar-refractivity contribution is -0.0678. The third-order valence-corrected chi connectivity index (χ3v) is 4.42. The van der Waals surface area contributed by atoms with Crippen molar-refractivity contribution in [3.63, 3.8) is 0 Å². The van der Waals surface area contributed by atoms with E-state index in [9.17, 15) is 5.11 Å². The number of hydrogen-bond acceptors (Lipinski definition) is 1. The number of aliphatic hydroxyl groups is 1. The van der Waals surface area contributed by atoms with E-state index < -0.39 is 0 Å². The first-order valence-electron chi connectivity index (χ1n) is 5.80. The van der Waals surface area contributed by atoms with Gasteiger partial charge in [-0.2, -0.15) is 0 Å². The standard InChI is InChI=1S/C13H22O/c1-12(2)7-5-9-13(3)8-4-6-10(14)11(12)13/h4,6,10-11,14H,5,7-9H2,1-3H3. The van der Waals surface area contributed by atoms with E-state index in [-0.39, 0.29) is 6.10 Å². The monoisotopic (exact) mass is 194 g/mol. The van der Waals surface area contributed by atoms with E-state index in [1.807, 2.05) is 6.08 Å². The van der Waals surface area contributed by atoms with Gasteiger partial charge < -0.3 is 5.11 Å². The van der Waals surface area contributed by atoms with Gasteiger partial charge in [0, 0.05) is 0 Å². The molecule has 1 fully saturated rings. The third kappa shape index (κ3) is 1.42. The summed E-state index contributed by atoms with van der Waals surface area (Å²) in [6, 6.07) is 0. The molecule has 1 saturated carbocycles. The molecule has 2 rings (SSSR count). The highest BCUT2D eigenvalue weighted by molar-refractivity contribution is 5.11. The summed E-state index contributed by atoms with van der Waals surface area (Å²) in [6.07, 6.45) is 8.96. The van der Waals surface area contributed by atoms with E-state index >= 15 is 0 Å². The molecule has 80 valence electrons. The highest BCUT2D eigenvalue weighted by atomic mass is 16.3. The summed E-state index contributed by atoms with van der Waals surface area (Å²) >= 11 is 0. The maximum atomic E-state index is 10.1. The Hall–Kier alpha value is -0.300. The smallest absolute Gasteiger partial charge is 0.0759 e. The van der Waals surface area contributed by atoms with Crippen molar-refractivity contribution in [1.82, 2.24) is 0 Å². The first-order chi connectivity index (χ1) is 6.46. The lowest BCUT2D eigenvalue weighted by Gasteiger charge is -2.53. The molecule has 0 aromatic carbocycles. The Bertz CT molecular complexity index is 254. The van der Waals surface area contributed by atoms with Crippen molar-refractivity contribution >= 4 is 0 Å². The molecule has 2 aliphatic rings. The second-order valence-electron chi connectivity index (χ2n) is 6.10. The molecular formula is C13H22O. The normalized spacial score (nSPS) is 46.0. The number of fused-ring (bicyclic) bond motifs is 1. The Morgan fingerprint density at radius 1 is 1.21 bits per heavy atom. The van der Waals surface area contributed by atoms with Crippen LogP contribution in [0.1, 0.15) is 46.5 Å². The fraction of sp³-hybridized carbons (Fsp3) is 0.846. The first kappa shape index (κ1) is 10.2. The molecule has 0 spiro atoms. The van der Waals surface area contributed by atoms with Gasteiger partial charge >= 0.3 is 0 Å². The van der Waals surface area contributed by atoms with Gasteiger partial charge in [0.2, 0.25) is 0 Å². The summed E-state index contributed by atoms with van der Waals surface area (Å²) in [4.78, 5) is 0. The van der Waals surface area contributed by atoms with Gasteiger partial charge in [-0.25, -0.2) is 0 Å². The number of aliphatic hydroxyl groups excluding tert-OH is 1. The molecule has 0 amide bonds. The zero-order valence-electron chi connectivity index (χ0n) is 9.59. The summed E-state index contributed by atoms with van der Waals surface area (Å²) in [5.41, 5.74) is 0.646. The van der Waals surface area contributed by atoms with Crippen molar-refractivity contribution in [3.05, 3.63) is 12.2 Å². The maximum Gasteiger partial charge on any atom is 0.0759 e. The van der Waals surface area contributed by atoms with Gasteiger partial charge in [-0.1, -0.05) is 39.3 Å². The van der Waals surface area contributed by atoms with Crippen molar-refractivity contribution in [3.8, 4) is 0 Å². The SMILES string of the molecule is CC1(C)CCCC2(C)CC=CC(O)C12. The summed E-state index contributed by atoms with van der Waals surface area (Å²) in [7, 11) is 0. The third-order valence-electron chi connectivity index (χ3n) is 4.42. The van der Waals surface area contributed by atoms with Crippen molar-refractivity contribution in [2.24, 2.45) is 16.7 Å². The Balaban J connectivity index is 2.35. The first-order valence-corrected chi connectivity index (χ1v) is 5.80. The predicted molar refractivity (Wildman–Crippen MR) is 59.0 cm³/mol. The average molecular weight is 194 g/mol. The Labute approximate surface area is 87.2 Å². The van der Waals surface area contributed by atoms with E-state index in [0.29, 0.717) is 16.7 Å². The highest BCUT2D eigenvalue weighted by Crippen LogP contribution is 2.55. The molecule has 14 heavy (non-hydrogen) atoms. The van der Waals surface area contributed by atoms with Crippen LogP contribution in [0.3, 0.4) is 0 Å². The summed E-state index contributed by atoms with van der Waals surface area (Å²) in [5.74, 6) is 0.453. The molecule has 3 unspecified atom stereocenters. The molecule has 0 aromatic rings. The van der Waals surface area contributed by atoms with E-state index in [0.717, 1.165) is 6.42 Å². The molecule has 0 radical (unpaired) electrons. The summed E-state index contributed by atoms with van der Waals surface area (Å²) in [5, 5.41) is 10.1. The second-order valence-corrected chi connectivity index (χ2v) is 6.10. The Morgan fingerprint density at radius 3 is 2.57 bits per heavy atom. The van der Waals surface area contributed by atoms with Crippen LogP contribution in [0.2, 0.25) is 0 Å². The lowest BCUT2D eigenvalue weighted by atomic mass is 9.52.